The minimum atomic E-state index is -3.33. The smallest absolute Gasteiger partial charge is 0.252 e. The SMILES string of the molecule is CCCCN(C1CC1)S(=O)(=O)c1cc(C)c(CN)s1. The van der Waals surface area contributed by atoms with Gasteiger partial charge in [-0.3, -0.25) is 0 Å². The number of rotatable bonds is 7. The molecule has 4 nitrogen and oxygen atoms in total. The highest BCUT2D eigenvalue weighted by Gasteiger charge is 2.38. The number of thiophene rings is 1. The molecule has 19 heavy (non-hydrogen) atoms. The van der Waals surface area contributed by atoms with Crippen LogP contribution < -0.4 is 5.73 Å². The Morgan fingerprint density at radius 1 is 1.47 bits per heavy atom. The van der Waals surface area contributed by atoms with E-state index in [0.717, 1.165) is 36.1 Å². The maximum atomic E-state index is 12.7. The van der Waals surface area contributed by atoms with Gasteiger partial charge in [0.05, 0.1) is 0 Å². The lowest BCUT2D eigenvalue weighted by Gasteiger charge is -2.20. The van der Waals surface area contributed by atoms with Crippen LogP contribution in [-0.2, 0) is 16.6 Å². The molecule has 0 amide bonds. The van der Waals surface area contributed by atoms with Gasteiger partial charge in [-0.15, -0.1) is 11.3 Å². The van der Waals surface area contributed by atoms with E-state index in [1.54, 1.807) is 10.4 Å². The Hall–Kier alpha value is -0.430. The molecule has 1 fully saturated rings. The number of hydrogen-bond donors (Lipinski definition) is 1. The monoisotopic (exact) mass is 302 g/mol. The highest BCUT2D eigenvalue weighted by Crippen LogP contribution is 2.35. The van der Waals surface area contributed by atoms with Gasteiger partial charge in [0, 0.05) is 24.0 Å². The predicted molar refractivity (Wildman–Crippen MR) is 78.8 cm³/mol. The predicted octanol–water partition coefficient (Wildman–Crippen LogP) is 2.47. The number of nitrogens with two attached hydrogens (primary N) is 1. The summed E-state index contributed by atoms with van der Waals surface area (Å²) in [4.78, 5) is 0.963. The molecule has 1 aromatic heterocycles. The Morgan fingerprint density at radius 2 is 2.16 bits per heavy atom. The average molecular weight is 302 g/mol. The van der Waals surface area contributed by atoms with E-state index in [0.29, 0.717) is 17.3 Å². The van der Waals surface area contributed by atoms with E-state index < -0.39 is 10.0 Å². The van der Waals surface area contributed by atoms with Gasteiger partial charge in [0.25, 0.3) is 10.0 Å². The molecule has 0 bridgehead atoms. The van der Waals surface area contributed by atoms with Crippen molar-refractivity contribution in [1.29, 1.82) is 0 Å². The summed E-state index contributed by atoms with van der Waals surface area (Å²) in [5.74, 6) is 0. The van der Waals surface area contributed by atoms with Gasteiger partial charge in [0.2, 0.25) is 0 Å². The van der Waals surface area contributed by atoms with Crippen LogP contribution in [0.4, 0.5) is 0 Å². The lowest BCUT2D eigenvalue weighted by atomic mass is 10.3. The number of nitrogens with zero attached hydrogens (tertiary/aromatic N) is 1. The number of sulfonamides is 1. The summed E-state index contributed by atoms with van der Waals surface area (Å²) in [6, 6.07) is 1.99. The van der Waals surface area contributed by atoms with E-state index in [2.05, 4.69) is 6.92 Å². The summed E-state index contributed by atoms with van der Waals surface area (Å²) in [5.41, 5.74) is 6.62. The zero-order chi connectivity index (χ0) is 14.0. The molecule has 2 N–H and O–H groups in total. The molecule has 0 unspecified atom stereocenters. The minimum Gasteiger partial charge on any atom is -0.326 e. The van der Waals surface area contributed by atoms with Gasteiger partial charge in [-0.25, -0.2) is 8.42 Å². The Morgan fingerprint density at radius 3 is 2.63 bits per heavy atom. The van der Waals surface area contributed by atoms with Gasteiger partial charge in [0.1, 0.15) is 4.21 Å². The second-order valence-electron chi connectivity index (χ2n) is 5.08. The van der Waals surface area contributed by atoms with Gasteiger partial charge in [0.15, 0.2) is 0 Å². The highest BCUT2D eigenvalue weighted by molar-refractivity contribution is 7.91. The summed E-state index contributed by atoms with van der Waals surface area (Å²) in [6.07, 6.45) is 3.92. The molecule has 2 rings (SSSR count). The maximum absolute atomic E-state index is 12.7. The van der Waals surface area contributed by atoms with E-state index in [4.69, 9.17) is 5.73 Å². The van der Waals surface area contributed by atoms with E-state index in [1.165, 1.54) is 11.3 Å². The summed E-state index contributed by atoms with van der Waals surface area (Å²) < 4.78 is 27.5. The third kappa shape index (κ3) is 3.18. The summed E-state index contributed by atoms with van der Waals surface area (Å²) in [7, 11) is -3.33. The van der Waals surface area contributed by atoms with Gasteiger partial charge in [-0.05, 0) is 37.8 Å². The average Bonchev–Trinajstić information content (AvgIpc) is 3.11. The summed E-state index contributed by atoms with van der Waals surface area (Å²) in [5, 5.41) is 0. The van der Waals surface area contributed by atoms with Crippen molar-refractivity contribution in [3.8, 4) is 0 Å². The van der Waals surface area contributed by atoms with Crippen LogP contribution in [0.2, 0.25) is 0 Å². The highest BCUT2D eigenvalue weighted by atomic mass is 32.2. The van der Waals surface area contributed by atoms with Crippen LogP contribution in [0.3, 0.4) is 0 Å². The fraction of sp³-hybridized carbons (Fsp3) is 0.692. The first-order valence-electron chi connectivity index (χ1n) is 6.82. The topological polar surface area (TPSA) is 63.4 Å². The molecule has 0 atom stereocenters. The van der Waals surface area contributed by atoms with Crippen molar-refractivity contribution in [2.24, 2.45) is 5.73 Å². The zero-order valence-electron chi connectivity index (χ0n) is 11.6. The summed E-state index contributed by atoms with van der Waals surface area (Å²) >= 11 is 1.32. The molecule has 0 saturated heterocycles. The molecule has 1 aliphatic rings. The third-order valence-corrected chi connectivity index (χ3v) is 7.09. The van der Waals surface area contributed by atoms with Gasteiger partial charge >= 0.3 is 0 Å². The van der Waals surface area contributed by atoms with Crippen molar-refractivity contribution in [2.75, 3.05) is 6.54 Å². The second kappa shape index (κ2) is 5.91. The van der Waals surface area contributed by atoms with Crippen LogP contribution >= 0.6 is 11.3 Å². The molecule has 6 heteroatoms. The first kappa shape index (κ1) is 15.0. The maximum Gasteiger partial charge on any atom is 0.252 e. The molecular weight excluding hydrogens is 280 g/mol. The molecule has 0 aliphatic heterocycles. The molecule has 1 heterocycles. The second-order valence-corrected chi connectivity index (χ2v) is 8.33. The summed E-state index contributed by atoms with van der Waals surface area (Å²) in [6.45, 7) is 5.05. The van der Waals surface area contributed by atoms with Gasteiger partial charge in [-0.1, -0.05) is 13.3 Å². The molecule has 108 valence electrons. The molecule has 0 spiro atoms. The van der Waals surface area contributed by atoms with Crippen molar-refractivity contribution >= 4 is 21.4 Å². The quantitative estimate of drug-likeness (QED) is 0.841. The molecule has 1 aliphatic carbocycles. The Balaban J connectivity index is 2.27. The Bertz CT molecular complexity index is 533. The van der Waals surface area contributed by atoms with Crippen LogP contribution in [0.1, 0.15) is 43.0 Å². The van der Waals surface area contributed by atoms with Crippen molar-refractivity contribution in [3.05, 3.63) is 16.5 Å². The lowest BCUT2D eigenvalue weighted by molar-refractivity contribution is 0.397. The van der Waals surface area contributed by atoms with Crippen LogP contribution in [0.25, 0.3) is 0 Å². The lowest BCUT2D eigenvalue weighted by Crippen LogP contribution is -2.33. The van der Waals surface area contributed by atoms with Crippen molar-refractivity contribution in [3.63, 3.8) is 0 Å². The van der Waals surface area contributed by atoms with Crippen LogP contribution in [0.5, 0.6) is 0 Å². The largest absolute Gasteiger partial charge is 0.326 e. The molecule has 0 aromatic carbocycles. The van der Waals surface area contributed by atoms with Crippen LogP contribution in [0, 0.1) is 6.92 Å². The molecule has 1 aromatic rings. The third-order valence-electron chi connectivity index (χ3n) is 3.43. The Labute approximate surface area is 119 Å². The fourth-order valence-corrected chi connectivity index (χ4v) is 5.43. The number of aryl methyl sites for hydroxylation is 1. The number of hydrogen-bond acceptors (Lipinski definition) is 4. The van der Waals surface area contributed by atoms with E-state index >= 15 is 0 Å². The van der Waals surface area contributed by atoms with E-state index in [-0.39, 0.29) is 6.04 Å². The number of unbranched alkanes of at least 4 members (excludes halogenated alkanes) is 1. The van der Waals surface area contributed by atoms with Crippen LogP contribution in [0.15, 0.2) is 10.3 Å². The van der Waals surface area contributed by atoms with E-state index in [9.17, 15) is 8.42 Å². The molecule has 1 saturated carbocycles. The first-order valence-corrected chi connectivity index (χ1v) is 9.07. The standard InChI is InChI=1S/C13H22N2O2S2/c1-3-4-7-15(11-5-6-11)19(16,17)13-8-10(2)12(9-14)18-13/h8,11H,3-7,9,14H2,1-2H3. The Kier molecular flexibility index (Phi) is 4.66. The minimum absolute atomic E-state index is 0.222. The zero-order valence-corrected chi connectivity index (χ0v) is 13.2. The normalized spacial score (nSPS) is 16.2. The van der Waals surface area contributed by atoms with Crippen molar-refractivity contribution in [2.45, 2.75) is 56.3 Å². The molecule has 0 radical (unpaired) electrons. The van der Waals surface area contributed by atoms with E-state index in [1.807, 2.05) is 6.92 Å². The van der Waals surface area contributed by atoms with Gasteiger partial charge in [-0.2, -0.15) is 4.31 Å². The van der Waals surface area contributed by atoms with Crippen LogP contribution in [-0.4, -0.2) is 25.3 Å². The first-order chi connectivity index (χ1) is 9.00. The van der Waals surface area contributed by atoms with Crippen molar-refractivity contribution in [1.82, 2.24) is 4.31 Å². The van der Waals surface area contributed by atoms with Crippen molar-refractivity contribution < 1.29 is 8.42 Å². The van der Waals surface area contributed by atoms with Gasteiger partial charge < -0.3 is 5.73 Å². The fourth-order valence-electron chi connectivity index (χ4n) is 2.11. The molecular formula is C13H22N2O2S2.